The molecule has 1 aliphatic heterocycles. The quantitative estimate of drug-likeness (QED) is 0.443. The number of Topliss-reactive ketones (excluding diaryl/α,β-unsaturated/α-hetero) is 1. The molecular formula is C24H33N5O2. The van der Waals surface area contributed by atoms with Gasteiger partial charge in [-0.25, -0.2) is 0 Å². The Morgan fingerprint density at radius 3 is 2.68 bits per heavy atom. The molecule has 0 radical (unpaired) electrons. The van der Waals surface area contributed by atoms with Crippen LogP contribution in [0.2, 0.25) is 0 Å². The van der Waals surface area contributed by atoms with E-state index in [-0.39, 0.29) is 23.3 Å². The van der Waals surface area contributed by atoms with E-state index in [1.165, 1.54) is 0 Å². The van der Waals surface area contributed by atoms with Crippen LogP contribution >= 0.6 is 0 Å². The topological polar surface area (TPSA) is 75.4 Å². The number of piperidine rings is 1. The molecule has 1 aliphatic rings. The van der Waals surface area contributed by atoms with Gasteiger partial charge in [0.25, 0.3) is 5.56 Å². The number of hydrogen-bond acceptors (Lipinski definition) is 4. The van der Waals surface area contributed by atoms with E-state index in [9.17, 15) is 9.59 Å². The van der Waals surface area contributed by atoms with Gasteiger partial charge in [0.2, 0.25) is 0 Å². The summed E-state index contributed by atoms with van der Waals surface area (Å²) in [6.45, 7) is 9.14. The molecule has 4 heterocycles. The lowest BCUT2D eigenvalue weighted by Crippen LogP contribution is -2.36. The van der Waals surface area contributed by atoms with Gasteiger partial charge in [0, 0.05) is 35.7 Å². The highest BCUT2D eigenvalue weighted by Gasteiger charge is 2.26. The van der Waals surface area contributed by atoms with Crippen molar-refractivity contribution in [3.05, 3.63) is 58.0 Å². The summed E-state index contributed by atoms with van der Waals surface area (Å²) in [6, 6.07) is 4.11. The average Bonchev–Trinajstić information content (AvgIpc) is 3.39. The summed E-state index contributed by atoms with van der Waals surface area (Å²) >= 11 is 0. The second kappa shape index (κ2) is 9.22. The summed E-state index contributed by atoms with van der Waals surface area (Å²) in [4.78, 5) is 30.5. The first-order chi connectivity index (χ1) is 14.9. The molecule has 1 saturated heterocycles. The number of H-pyrrole nitrogens is 1. The molecule has 0 spiro atoms. The Morgan fingerprint density at radius 2 is 1.97 bits per heavy atom. The van der Waals surface area contributed by atoms with E-state index in [1.54, 1.807) is 6.20 Å². The van der Waals surface area contributed by atoms with Crippen LogP contribution in [0.5, 0.6) is 0 Å². The zero-order valence-electron chi connectivity index (χ0n) is 18.8. The normalized spacial score (nSPS) is 15.9. The summed E-state index contributed by atoms with van der Waals surface area (Å²) in [5.41, 5.74) is 3.50. The molecule has 166 valence electrons. The molecule has 0 unspecified atom stereocenters. The molecular weight excluding hydrogens is 390 g/mol. The van der Waals surface area contributed by atoms with Crippen molar-refractivity contribution >= 4 is 11.3 Å². The molecule has 0 atom stereocenters. The third-order valence-corrected chi connectivity index (χ3v) is 6.46. The predicted molar refractivity (Wildman–Crippen MR) is 122 cm³/mol. The van der Waals surface area contributed by atoms with Crippen molar-refractivity contribution in [3.8, 4) is 0 Å². The van der Waals surface area contributed by atoms with Gasteiger partial charge in [-0.1, -0.05) is 0 Å². The third-order valence-electron chi connectivity index (χ3n) is 6.46. The van der Waals surface area contributed by atoms with Crippen LogP contribution in [-0.2, 0) is 6.42 Å². The van der Waals surface area contributed by atoms with E-state index in [2.05, 4.69) is 28.8 Å². The minimum Gasteiger partial charge on any atom is -0.323 e. The van der Waals surface area contributed by atoms with Crippen molar-refractivity contribution in [1.82, 2.24) is 24.1 Å². The highest BCUT2D eigenvalue weighted by atomic mass is 16.1. The number of aryl methyl sites for hydroxylation is 2. The van der Waals surface area contributed by atoms with E-state index in [0.717, 1.165) is 68.7 Å². The lowest BCUT2D eigenvalue weighted by atomic mass is 9.90. The summed E-state index contributed by atoms with van der Waals surface area (Å²) in [5, 5.41) is 4.31. The molecule has 31 heavy (non-hydrogen) atoms. The summed E-state index contributed by atoms with van der Waals surface area (Å²) < 4.78 is 3.83. The monoisotopic (exact) mass is 423 g/mol. The minimum atomic E-state index is -0.0173. The van der Waals surface area contributed by atoms with Gasteiger partial charge in [-0.2, -0.15) is 5.10 Å². The fourth-order valence-corrected chi connectivity index (χ4v) is 4.48. The van der Waals surface area contributed by atoms with Crippen LogP contribution in [0.15, 0.2) is 35.5 Å². The van der Waals surface area contributed by atoms with Crippen LogP contribution in [0.1, 0.15) is 67.3 Å². The number of fused-ring (bicyclic) bond motifs is 1. The largest absolute Gasteiger partial charge is 0.323 e. The Morgan fingerprint density at radius 1 is 1.19 bits per heavy atom. The molecule has 0 saturated carbocycles. The lowest BCUT2D eigenvalue weighted by Gasteiger charge is -2.31. The Labute approximate surface area is 183 Å². The number of carbonyl (C=O) groups is 1. The SMILES string of the molecule is Cc1ccc2c(=O)[nH]c(CCCCN3CCC(C(=O)c4cnn(C(C)C)c4)CC3)cn12. The molecule has 7 nitrogen and oxygen atoms in total. The van der Waals surface area contributed by atoms with Crippen LogP contribution < -0.4 is 5.56 Å². The van der Waals surface area contributed by atoms with Gasteiger partial charge >= 0.3 is 0 Å². The Balaban J connectivity index is 1.21. The fourth-order valence-electron chi connectivity index (χ4n) is 4.48. The number of rotatable bonds is 8. The van der Waals surface area contributed by atoms with Crippen LogP contribution in [0, 0.1) is 12.8 Å². The van der Waals surface area contributed by atoms with E-state index in [0.29, 0.717) is 5.52 Å². The molecule has 4 rings (SSSR count). The van der Waals surface area contributed by atoms with Crippen LogP contribution in [0.3, 0.4) is 0 Å². The number of nitrogens with one attached hydrogen (secondary N) is 1. The van der Waals surface area contributed by atoms with Gasteiger partial charge < -0.3 is 14.3 Å². The van der Waals surface area contributed by atoms with Gasteiger partial charge in [-0.15, -0.1) is 0 Å². The minimum absolute atomic E-state index is 0.0173. The van der Waals surface area contributed by atoms with Crippen LogP contribution in [0.25, 0.3) is 5.52 Å². The number of carbonyl (C=O) groups excluding carboxylic acids is 1. The van der Waals surface area contributed by atoms with Crippen molar-refractivity contribution < 1.29 is 4.79 Å². The standard InChI is InChI=1S/C24H33N5O2/c1-17(2)29-15-20(14-25-29)23(30)19-9-12-27(13-10-19)11-5-4-6-21-16-28-18(3)7-8-22(28)24(31)26-21/h7-8,14-17,19H,4-6,9-13H2,1-3H3,(H,26,31). The Bertz CT molecular complexity index is 1100. The van der Waals surface area contributed by atoms with Gasteiger partial charge in [0.1, 0.15) is 5.52 Å². The predicted octanol–water partition coefficient (Wildman–Crippen LogP) is 3.63. The Hall–Kier alpha value is -2.67. The maximum atomic E-state index is 12.8. The van der Waals surface area contributed by atoms with Gasteiger partial charge in [-0.05, 0) is 84.6 Å². The molecule has 3 aromatic rings. The maximum Gasteiger partial charge on any atom is 0.272 e. The molecule has 0 amide bonds. The number of aromatic nitrogens is 4. The molecule has 0 aromatic carbocycles. The van der Waals surface area contributed by atoms with Gasteiger partial charge in [-0.3, -0.25) is 14.3 Å². The molecule has 7 heteroatoms. The van der Waals surface area contributed by atoms with Crippen molar-refractivity contribution in [2.75, 3.05) is 19.6 Å². The van der Waals surface area contributed by atoms with Crippen molar-refractivity contribution in [2.45, 2.75) is 58.9 Å². The van der Waals surface area contributed by atoms with Crippen molar-refractivity contribution in [2.24, 2.45) is 5.92 Å². The number of likely N-dealkylation sites (tertiary alicyclic amines) is 1. The number of nitrogens with zero attached hydrogens (tertiary/aromatic N) is 4. The van der Waals surface area contributed by atoms with E-state index >= 15 is 0 Å². The number of ketones is 1. The maximum absolute atomic E-state index is 12.8. The number of aromatic amines is 1. The number of unbranched alkanes of at least 4 members (excludes halogenated alkanes) is 1. The molecule has 1 fully saturated rings. The van der Waals surface area contributed by atoms with E-state index in [1.807, 2.05) is 40.5 Å². The fraction of sp³-hybridized carbons (Fsp3) is 0.542. The molecule has 3 aromatic heterocycles. The lowest BCUT2D eigenvalue weighted by molar-refractivity contribution is 0.0839. The smallest absolute Gasteiger partial charge is 0.272 e. The molecule has 0 aliphatic carbocycles. The second-order valence-corrected chi connectivity index (χ2v) is 9.08. The van der Waals surface area contributed by atoms with Crippen LogP contribution in [0.4, 0.5) is 0 Å². The Kier molecular flexibility index (Phi) is 6.41. The molecule has 1 N–H and O–H groups in total. The first-order valence-corrected chi connectivity index (χ1v) is 11.4. The summed E-state index contributed by atoms with van der Waals surface area (Å²) in [6.07, 6.45) is 10.5. The highest BCUT2D eigenvalue weighted by Crippen LogP contribution is 2.22. The van der Waals surface area contributed by atoms with E-state index in [4.69, 9.17) is 0 Å². The first-order valence-electron chi connectivity index (χ1n) is 11.4. The summed E-state index contributed by atoms with van der Waals surface area (Å²) in [7, 11) is 0. The third kappa shape index (κ3) is 4.82. The van der Waals surface area contributed by atoms with Gasteiger partial charge in [0.05, 0.1) is 11.8 Å². The zero-order valence-corrected chi connectivity index (χ0v) is 18.8. The van der Waals surface area contributed by atoms with Crippen molar-refractivity contribution in [1.29, 1.82) is 0 Å². The molecule has 0 bridgehead atoms. The zero-order chi connectivity index (χ0) is 22.0. The first kappa shape index (κ1) is 21.6. The summed E-state index contributed by atoms with van der Waals surface area (Å²) in [5.74, 6) is 0.355. The van der Waals surface area contributed by atoms with Crippen molar-refractivity contribution in [3.63, 3.8) is 0 Å². The van der Waals surface area contributed by atoms with E-state index < -0.39 is 0 Å². The highest BCUT2D eigenvalue weighted by molar-refractivity contribution is 5.97. The van der Waals surface area contributed by atoms with Crippen LogP contribution in [-0.4, -0.2) is 49.5 Å². The average molecular weight is 424 g/mol. The van der Waals surface area contributed by atoms with Gasteiger partial charge in [0.15, 0.2) is 5.78 Å². The second-order valence-electron chi connectivity index (χ2n) is 9.08. The number of hydrogen-bond donors (Lipinski definition) is 1.